The van der Waals surface area contributed by atoms with Crippen molar-refractivity contribution in [1.29, 1.82) is 0 Å². The van der Waals surface area contributed by atoms with Gasteiger partial charge in [-0.05, 0) is 104 Å². The molecule has 3 aromatic rings. The van der Waals surface area contributed by atoms with Crippen molar-refractivity contribution >= 4 is 5.82 Å². The van der Waals surface area contributed by atoms with Crippen LogP contribution >= 0.6 is 0 Å². The van der Waals surface area contributed by atoms with Crippen LogP contribution in [0.4, 0.5) is 10.2 Å². The van der Waals surface area contributed by atoms with Crippen molar-refractivity contribution in [3.63, 3.8) is 0 Å². The average Bonchev–Trinajstić information content (AvgIpc) is 3.55. The van der Waals surface area contributed by atoms with Gasteiger partial charge in [-0.25, -0.2) is 9.37 Å². The number of piperidine rings is 1. The molecule has 2 aromatic carbocycles. The van der Waals surface area contributed by atoms with Gasteiger partial charge in [0.15, 0.2) is 0 Å². The van der Waals surface area contributed by atoms with Crippen LogP contribution in [0.2, 0.25) is 0 Å². The Kier molecular flexibility index (Phi) is 6.78. The fraction of sp³-hybridized carbons (Fsp3) is 0.452. The van der Waals surface area contributed by atoms with Crippen LogP contribution in [0.25, 0.3) is 11.1 Å². The molecule has 2 heterocycles. The lowest BCUT2D eigenvalue weighted by Gasteiger charge is -2.36. The third kappa shape index (κ3) is 4.99. The first-order chi connectivity index (χ1) is 17.4. The van der Waals surface area contributed by atoms with Gasteiger partial charge in [0.05, 0.1) is 5.60 Å². The number of hydrogen-bond donors (Lipinski definition) is 1. The number of fused-ring (bicyclic) bond motifs is 3. The number of hydrogen-bond acceptors (Lipinski definition) is 4. The molecule has 2 fully saturated rings. The zero-order valence-corrected chi connectivity index (χ0v) is 21.9. The van der Waals surface area contributed by atoms with Crippen molar-refractivity contribution in [2.24, 2.45) is 5.92 Å². The van der Waals surface area contributed by atoms with Crippen LogP contribution in [0, 0.1) is 18.7 Å². The van der Waals surface area contributed by atoms with Crippen LogP contribution in [-0.2, 0) is 13.0 Å². The van der Waals surface area contributed by atoms with E-state index in [0.29, 0.717) is 5.56 Å². The van der Waals surface area contributed by atoms with Gasteiger partial charge in [-0.2, -0.15) is 0 Å². The average molecular weight is 489 g/mol. The molecule has 5 heteroatoms. The molecule has 6 rings (SSSR count). The fourth-order valence-electron chi connectivity index (χ4n) is 5.61. The highest BCUT2D eigenvalue weighted by Gasteiger charge is 2.44. The molecule has 1 aliphatic heterocycles. The highest BCUT2D eigenvalue weighted by atomic mass is 19.1. The summed E-state index contributed by atoms with van der Waals surface area (Å²) in [5.41, 5.74) is 5.67. The number of rotatable bonds is 5. The maximum atomic E-state index is 14.6. The topological polar surface area (TPSA) is 45.6 Å². The number of pyridine rings is 1. The fourth-order valence-corrected chi connectivity index (χ4v) is 5.61. The Bertz CT molecular complexity index is 1250. The Morgan fingerprint density at radius 3 is 2.61 bits per heavy atom. The van der Waals surface area contributed by atoms with Gasteiger partial charge in [-0.1, -0.05) is 26.0 Å². The van der Waals surface area contributed by atoms with Crippen LogP contribution in [-0.4, -0.2) is 28.8 Å². The molecule has 0 radical (unpaired) electrons. The number of anilines is 1. The number of halogens is 1. The normalized spacial score (nSPS) is 21.2. The molecule has 0 spiro atoms. The molecule has 3 aliphatic rings. The van der Waals surface area contributed by atoms with Gasteiger partial charge < -0.3 is 14.7 Å². The van der Waals surface area contributed by atoms with Gasteiger partial charge in [-0.15, -0.1) is 0 Å². The number of nitrogens with zero attached hydrogens (tertiary/aromatic N) is 2. The second-order valence-electron chi connectivity index (χ2n) is 10.5. The molecule has 0 amide bonds. The highest BCUT2D eigenvalue weighted by Crippen LogP contribution is 2.56. The monoisotopic (exact) mass is 488 g/mol. The Morgan fingerprint density at radius 1 is 1.08 bits per heavy atom. The maximum Gasteiger partial charge on any atom is 0.129 e. The third-order valence-electron chi connectivity index (χ3n) is 7.91. The summed E-state index contributed by atoms with van der Waals surface area (Å²) in [6.45, 7) is 9.67. The molecule has 4 nitrogen and oxygen atoms in total. The van der Waals surface area contributed by atoms with Crippen molar-refractivity contribution in [2.45, 2.75) is 71.5 Å². The highest BCUT2D eigenvalue weighted by molar-refractivity contribution is 5.68. The van der Waals surface area contributed by atoms with Crippen LogP contribution < -0.4 is 9.64 Å². The quantitative estimate of drug-likeness (QED) is 0.428. The number of aryl methyl sites for hydroxylation is 1. The van der Waals surface area contributed by atoms with Crippen molar-refractivity contribution in [3.05, 3.63) is 76.7 Å². The largest absolute Gasteiger partial charge is 0.489 e. The Balaban J connectivity index is 0.00000130. The van der Waals surface area contributed by atoms with E-state index in [0.717, 1.165) is 72.6 Å². The molecule has 1 saturated heterocycles. The van der Waals surface area contributed by atoms with Crippen molar-refractivity contribution in [3.8, 4) is 16.9 Å². The number of benzene rings is 2. The minimum Gasteiger partial charge on any atom is -0.489 e. The molecule has 2 atom stereocenters. The van der Waals surface area contributed by atoms with Crippen molar-refractivity contribution in [2.75, 3.05) is 18.0 Å². The van der Waals surface area contributed by atoms with Gasteiger partial charge in [-0.3, -0.25) is 0 Å². The van der Waals surface area contributed by atoms with E-state index in [9.17, 15) is 9.50 Å². The van der Waals surface area contributed by atoms with Crippen molar-refractivity contribution < 1.29 is 14.2 Å². The van der Waals surface area contributed by atoms with E-state index in [1.54, 1.807) is 0 Å². The zero-order chi connectivity index (χ0) is 25.4. The molecule has 190 valence electrons. The molecule has 1 N–H and O–H groups in total. The van der Waals surface area contributed by atoms with Gasteiger partial charge in [0.25, 0.3) is 0 Å². The first kappa shape index (κ1) is 24.8. The molecule has 0 bridgehead atoms. The van der Waals surface area contributed by atoms with Gasteiger partial charge in [0.1, 0.15) is 24.0 Å². The number of aliphatic hydroxyl groups is 1. The predicted molar refractivity (Wildman–Crippen MR) is 143 cm³/mol. The minimum atomic E-state index is -0.585. The van der Waals surface area contributed by atoms with Crippen LogP contribution in [0.15, 0.2) is 48.5 Å². The van der Waals surface area contributed by atoms with E-state index >= 15 is 0 Å². The zero-order valence-electron chi connectivity index (χ0n) is 21.9. The van der Waals surface area contributed by atoms with Crippen molar-refractivity contribution in [1.82, 2.24) is 4.98 Å². The van der Waals surface area contributed by atoms with E-state index < -0.39 is 5.60 Å². The molecule has 1 aromatic heterocycles. The molecule has 1 saturated carbocycles. The summed E-state index contributed by atoms with van der Waals surface area (Å²) in [6.07, 6.45) is 3.96. The lowest BCUT2D eigenvalue weighted by Crippen LogP contribution is -2.42. The van der Waals surface area contributed by atoms with E-state index in [-0.39, 0.29) is 12.4 Å². The Morgan fingerprint density at radius 2 is 1.86 bits per heavy atom. The van der Waals surface area contributed by atoms with E-state index in [1.165, 1.54) is 23.6 Å². The lowest BCUT2D eigenvalue weighted by atomic mass is 9.94. The molecule has 0 unspecified atom stereocenters. The second kappa shape index (κ2) is 9.85. The molecule has 36 heavy (non-hydrogen) atoms. The lowest BCUT2D eigenvalue weighted by molar-refractivity contribution is 0.0350. The van der Waals surface area contributed by atoms with Crippen LogP contribution in [0.3, 0.4) is 0 Å². The van der Waals surface area contributed by atoms with Crippen LogP contribution in [0.5, 0.6) is 5.75 Å². The smallest absolute Gasteiger partial charge is 0.129 e. The second-order valence-corrected chi connectivity index (χ2v) is 10.5. The Labute approximate surface area is 214 Å². The SMILES string of the molecule is CC.Cc1nc(N2CCC(C)(O)CC2)ccc1-c1ccc(F)c(COc2ccc3c(c2)C[C@H]2C[C@@H]32)c1. The third-order valence-corrected chi connectivity index (χ3v) is 7.91. The first-order valence-corrected chi connectivity index (χ1v) is 13.4. The van der Waals surface area contributed by atoms with E-state index in [2.05, 4.69) is 23.1 Å². The number of ether oxygens (including phenoxy) is 1. The molecular weight excluding hydrogens is 451 g/mol. The molecular formula is C31H37FN2O2. The number of aromatic nitrogens is 1. The Hall–Kier alpha value is -2.92. The first-order valence-electron chi connectivity index (χ1n) is 13.4. The summed E-state index contributed by atoms with van der Waals surface area (Å²) < 4.78 is 20.6. The standard InChI is InChI=1S/C29H31FN2O2.C2H6/c1-18-24(6-8-28(31-18)32-11-9-29(2,33)10-12-32)19-3-7-27(30)22(13-19)17-34-23-4-5-25-20(15-23)14-21-16-26(21)25;1-2/h3-8,13,15,21,26,33H,9-12,14,16-17H2,1-2H3;1-2H3/t21-,26+;/m0./s1. The summed E-state index contributed by atoms with van der Waals surface area (Å²) in [5.74, 6) is 3.09. The van der Waals surface area contributed by atoms with E-state index in [1.807, 2.05) is 52.0 Å². The summed E-state index contributed by atoms with van der Waals surface area (Å²) in [5, 5.41) is 10.2. The summed E-state index contributed by atoms with van der Waals surface area (Å²) in [4.78, 5) is 7.05. The summed E-state index contributed by atoms with van der Waals surface area (Å²) >= 11 is 0. The van der Waals surface area contributed by atoms with Gasteiger partial charge in [0.2, 0.25) is 0 Å². The maximum absolute atomic E-state index is 14.6. The predicted octanol–water partition coefficient (Wildman–Crippen LogP) is 6.81. The van der Waals surface area contributed by atoms with Crippen LogP contribution in [0.1, 0.15) is 68.3 Å². The molecule has 2 aliphatic carbocycles. The minimum absolute atomic E-state index is 0.198. The summed E-state index contributed by atoms with van der Waals surface area (Å²) in [7, 11) is 0. The van der Waals surface area contributed by atoms with Gasteiger partial charge in [0, 0.05) is 29.9 Å². The van der Waals surface area contributed by atoms with E-state index in [4.69, 9.17) is 9.72 Å². The summed E-state index contributed by atoms with van der Waals surface area (Å²) in [6, 6.07) is 15.6. The van der Waals surface area contributed by atoms with Gasteiger partial charge >= 0.3 is 0 Å².